The van der Waals surface area contributed by atoms with E-state index in [-0.39, 0.29) is 0 Å². The number of hydrogen-bond donors (Lipinski definition) is 1. The Labute approximate surface area is 90.0 Å². The lowest BCUT2D eigenvalue weighted by molar-refractivity contribution is 0.308. The topological polar surface area (TPSA) is 47.1 Å². The third-order valence-electron chi connectivity index (χ3n) is 3.45. The van der Waals surface area contributed by atoms with Gasteiger partial charge in [-0.05, 0) is 26.3 Å². The summed E-state index contributed by atoms with van der Waals surface area (Å²) in [4.78, 5) is 2.33. The lowest BCUT2D eigenvalue weighted by Crippen LogP contribution is -2.26. The summed E-state index contributed by atoms with van der Waals surface area (Å²) in [5.74, 6) is 0. The van der Waals surface area contributed by atoms with Gasteiger partial charge in [0.2, 0.25) is 0 Å². The fourth-order valence-corrected chi connectivity index (χ4v) is 2.45. The van der Waals surface area contributed by atoms with Crippen LogP contribution in [0.1, 0.15) is 35.8 Å². The van der Waals surface area contributed by atoms with Gasteiger partial charge < -0.3 is 10.6 Å². The first-order valence-electron chi connectivity index (χ1n) is 5.77. The molecule has 2 heterocycles. The molecule has 15 heavy (non-hydrogen) atoms. The standard InChI is InChI=1S/C11H18N4/c1-14-5-4-9-10(7-14)13-15(8-2-3-8)11(9)6-12/h8H,2-7,12H2,1H3. The summed E-state index contributed by atoms with van der Waals surface area (Å²) in [5.41, 5.74) is 9.83. The molecule has 1 aromatic rings. The normalized spacial score (nSPS) is 21.7. The lowest BCUT2D eigenvalue weighted by atomic mass is 10.0. The minimum absolute atomic E-state index is 0.641. The molecular weight excluding hydrogens is 188 g/mol. The monoisotopic (exact) mass is 206 g/mol. The van der Waals surface area contributed by atoms with Crippen LogP contribution in [-0.2, 0) is 19.5 Å². The molecule has 4 heteroatoms. The van der Waals surface area contributed by atoms with Crippen LogP contribution in [0.4, 0.5) is 0 Å². The van der Waals surface area contributed by atoms with Crippen LogP contribution in [0.2, 0.25) is 0 Å². The van der Waals surface area contributed by atoms with E-state index in [1.54, 1.807) is 0 Å². The number of fused-ring (bicyclic) bond motifs is 1. The second kappa shape index (κ2) is 3.32. The van der Waals surface area contributed by atoms with Crippen LogP contribution in [0, 0.1) is 0 Å². The molecule has 1 aliphatic heterocycles. The van der Waals surface area contributed by atoms with E-state index < -0.39 is 0 Å². The second-order valence-electron chi connectivity index (χ2n) is 4.74. The van der Waals surface area contributed by atoms with Crippen LogP contribution in [-0.4, -0.2) is 28.3 Å². The summed E-state index contributed by atoms with van der Waals surface area (Å²) < 4.78 is 2.20. The highest BCUT2D eigenvalue weighted by Gasteiger charge is 2.30. The van der Waals surface area contributed by atoms with Crippen molar-refractivity contribution in [2.45, 2.75) is 38.4 Å². The number of aromatic nitrogens is 2. The molecule has 2 aliphatic rings. The Morgan fingerprint density at radius 2 is 2.27 bits per heavy atom. The van der Waals surface area contributed by atoms with E-state index in [4.69, 9.17) is 10.8 Å². The molecule has 0 amide bonds. The Kier molecular flexibility index (Phi) is 2.07. The number of rotatable bonds is 2. The molecule has 0 unspecified atom stereocenters. The summed E-state index contributed by atoms with van der Waals surface area (Å²) in [6, 6.07) is 0.652. The van der Waals surface area contributed by atoms with Gasteiger partial charge >= 0.3 is 0 Å². The van der Waals surface area contributed by atoms with Gasteiger partial charge in [-0.3, -0.25) is 4.68 Å². The Balaban J connectivity index is 2.02. The third-order valence-corrected chi connectivity index (χ3v) is 3.45. The van der Waals surface area contributed by atoms with Crippen molar-refractivity contribution < 1.29 is 0 Å². The average Bonchev–Trinajstić information content (AvgIpc) is 2.99. The molecule has 0 spiro atoms. The first kappa shape index (κ1) is 9.36. The van der Waals surface area contributed by atoms with E-state index in [2.05, 4.69) is 16.6 Å². The number of hydrogen-bond acceptors (Lipinski definition) is 3. The predicted octanol–water partition coefficient (Wildman–Crippen LogP) is 0.665. The van der Waals surface area contributed by atoms with Gasteiger partial charge in [0.05, 0.1) is 17.4 Å². The van der Waals surface area contributed by atoms with Crippen LogP contribution in [0.25, 0.3) is 0 Å². The quantitative estimate of drug-likeness (QED) is 0.773. The van der Waals surface area contributed by atoms with Crippen molar-refractivity contribution in [2.24, 2.45) is 5.73 Å². The zero-order chi connectivity index (χ0) is 10.4. The maximum absolute atomic E-state index is 5.84. The van der Waals surface area contributed by atoms with Gasteiger partial charge in [0, 0.05) is 25.2 Å². The van der Waals surface area contributed by atoms with Crippen LogP contribution in [0.3, 0.4) is 0 Å². The van der Waals surface area contributed by atoms with Crippen LogP contribution in [0.15, 0.2) is 0 Å². The maximum Gasteiger partial charge on any atom is 0.0800 e. The molecule has 4 nitrogen and oxygen atoms in total. The lowest BCUT2D eigenvalue weighted by Gasteiger charge is -2.21. The van der Waals surface area contributed by atoms with Crippen LogP contribution in [0.5, 0.6) is 0 Å². The minimum Gasteiger partial charge on any atom is -0.325 e. The van der Waals surface area contributed by atoms with Crippen molar-refractivity contribution in [1.29, 1.82) is 0 Å². The summed E-state index contributed by atoms with van der Waals surface area (Å²) >= 11 is 0. The van der Waals surface area contributed by atoms with E-state index >= 15 is 0 Å². The fourth-order valence-electron chi connectivity index (χ4n) is 2.45. The van der Waals surface area contributed by atoms with Crippen molar-refractivity contribution in [1.82, 2.24) is 14.7 Å². The zero-order valence-electron chi connectivity index (χ0n) is 9.24. The Morgan fingerprint density at radius 3 is 2.93 bits per heavy atom. The van der Waals surface area contributed by atoms with Crippen molar-refractivity contribution in [3.63, 3.8) is 0 Å². The molecule has 1 saturated carbocycles. The maximum atomic E-state index is 5.84. The Bertz CT molecular complexity index is 378. The van der Waals surface area contributed by atoms with Gasteiger partial charge in [-0.15, -0.1) is 0 Å². The smallest absolute Gasteiger partial charge is 0.0800 e. The van der Waals surface area contributed by atoms with Crippen LogP contribution < -0.4 is 5.73 Å². The van der Waals surface area contributed by atoms with Gasteiger partial charge in [0.15, 0.2) is 0 Å². The zero-order valence-corrected chi connectivity index (χ0v) is 9.24. The summed E-state index contributed by atoms with van der Waals surface area (Å²) in [6.07, 6.45) is 3.68. The fraction of sp³-hybridized carbons (Fsp3) is 0.727. The van der Waals surface area contributed by atoms with Crippen molar-refractivity contribution in [3.05, 3.63) is 17.0 Å². The number of nitrogens with two attached hydrogens (primary N) is 1. The molecule has 0 radical (unpaired) electrons. The van der Waals surface area contributed by atoms with E-state index in [0.717, 1.165) is 19.5 Å². The molecule has 82 valence electrons. The largest absolute Gasteiger partial charge is 0.325 e. The Morgan fingerprint density at radius 1 is 1.47 bits per heavy atom. The summed E-state index contributed by atoms with van der Waals surface area (Å²) in [5, 5.41) is 4.73. The average molecular weight is 206 g/mol. The molecule has 3 rings (SSSR count). The molecule has 0 aromatic carbocycles. The summed E-state index contributed by atoms with van der Waals surface area (Å²) in [7, 11) is 2.15. The summed E-state index contributed by atoms with van der Waals surface area (Å²) in [6.45, 7) is 2.76. The number of nitrogens with zero attached hydrogens (tertiary/aromatic N) is 3. The van der Waals surface area contributed by atoms with Gasteiger partial charge in [0.25, 0.3) is 0 Å². The molecule has 0 bridgehead atoms. The van der Waals surface area contributed by atoms with Crippen LogP contribution >= 0.6 is 0 Å². The highest BCUT2D eigenvalue weighted by molar-refractivity contribution is 5.29. The van der Waals surface area contributed by atoms with E-state index in [0.29, 0.717) is 12.6 Å². The molecule has 0 atom stereocenters. The SMILES string of the molecule is CN1CCc2c(nn(C3CC3)c2CN)C1. The van der Waals surface area contributed by atoms with Crippen molar-refractivity contribution in [2.75, 3.05) is 13.6 Å². The Hall–Kier alpha value is -0.870. The highest BCUT2D eigenvalue weighted by atomic mass is 15.3. The first-order chi connectivity index (χ1) is 7.29. The van der Waals surface area contributed by atoms with E-state index in [1.165, 1.54) is 29.8 Å². The first-order valence-corrected chi connectivity index (χ1v) is 5.77. The van der Waals surface area contributed by atoms with Gasteiger partial charge in [0.1, 0.15) is 0 Å². The molecule has 1 aromatic heterocycles. The van der Waals surface area contributed by atoms with E-state index in [1.807, 2.05) is 0 Å². The predicted molar refractivity (Wildman–Crippen MR) is 58.4 cm³/mol. The molecule has 0 saturated heterocycles. The molecular formula is C11H18N4. The van der Waals surface area contributed by atoms with Gasteiger partial charge in [-0.25, -0.2) is 0 Å². The molecule has 1 fully saturated rings. The number of likely N-dealkylation sites (N-methyl/N-ethyl adjacent to an activating group) is 1. The van der Waals surface area contributed by atoms with Gasteiger partial charge in [-0.2, -0.15) is 5.10 Å². The molecule has 1 aliphatic carbocycles. The second-order valence-corrected chi connectivity index (χ2v) is 4.74. The third kappa shape index (κ3) is 1.48. The van der Waals surface area contributed by atoms with Crippen molar-refractivity contribution >= 4 is 0 Å². The van der Waals surface area contributed by atoms with Crippen molar-refractivity contribution in [3.8, 4) is 0 Å². The molecule has 2 N–H and O–H groups in total. The van der Waals surface area contributed by atoms with E-state index in [9.17, 15) is 0 Å². The minimum atomic E-state index is 0.641. The highest BCUT2D eigenvalue weighted by Crippen LogP contribution is 2.37. The van der Waals surface area contributed by atoms with Gasteiger partial charge in [-0.1, -0.05) is 0 Å².